The van der Waals surface area contributed by atoms with Crippen molar-refractivity contribution in [1.82, 2.24) is 0 Å². The van der Waals surface area contributed by atoms with Gasteiger partial charge in [0.2, 0.25) is 0 Å². The molecule has 0 aliphatic carbocycles. The van der Waals surface area contributed by atoms with Gasteiger partial charge in [-0.3, -0.25) is 14.1 Å². The lowest BCUT2D eigenvalue weighted by atomic mass is 10.2. The lowest BCUT2D eigenvalue weighted by Crippen LogP contribution is -2.23. The molecule has 0 spiro atoms. The Hall–Kier alpha value is -1.49. The number of ether oxygens (including phenoxy) is 1. The van der Waals surface area contributed by atoms with E-state index in [1.54, 1.807) is 24.1 Å². The summed E-state index contributed by atoms with van der Waals surface area (Å²) in [5.41, 5.74) is 0.980. The predicted octanol–water partition coefficient (Wildman–Crippen LogP) is 4.76. The highest BCUT2D eigenvalue weighted by Gasteiger charge is 2.39. The van der Waals surface area contributed by atoms with Crippen LogP contribution in [0.1, 0.15) is 5.56 Å². The number of anilines is 2. The van der Waals surface area contributed by atoms with Crippen molar-refractivity contribution < 1.29 is 44.7 Å². The molecule has 0 aliphatic heterocycles. The molecular formula is C15H21F6N2O4P. The molecule has 0 unspecified atom stereocenters. The van der Waals surface area contributed by atoms with Gasteiger partial charge in [0.15, 0.2) is 13.2 Å². The van der Waals surface area contributed by atoms with E-state index in [0.717, 1.165) is 0 Å². The van der Waals surface area contributed by atoms with Crippen LogP contribution in [-0.4, -0.2) is 52.9 Å². The Bertz CT molecular complexity index is 661. The molecule has 0 fully saturated rings. The van der Waals surface area contributed by atoms with E-state index >= 15 is 0 Å². The molecule has 162 valence electrons. The second kappa shape index (κ2) is 9.82. The number of methoxy groups -OCH3 is 1. The summed E-state index contributed by atoms with van der Waals surface area (Å²) in [4.78, 5) is 1.73. The van der Waals surface area contributed by atoms with Gasteiger partial charge in [0.25, 0.3) is 0 Å². The zero-order chi connectivity index (χ0) is 21.6. The lowest BCUT2D eigenvalue weighted by Gasteiger charge is -2.24. The van der Waals surface area contributed by atoms with Gasteiger partial charge < -0.3 is 9.64 Å². The Kier molecular flexibility index (Phi) is 8.61. The van der Waals surface area contributed by atoms with E-state index in [4.69, 9.17) is 4.74 Å². The highest BCUT2D eigenvalue weighted by atomic mass is 31.2. The van der Waals surface area contributed by atoms with Crippen LogP contribution in [0.25, 0.3) is 0 Å². The number of nitrogens with one attached hydrogen (secondary N) is 1. The number of rotatable bonds is 10. The molecule has 0 saturated heterocycles. The fourth-order valence-corrected chi connectivity index (χ4v) is 3.26. The summed E-state index contributed by atoms with van der Waals surface area (Å²) in [6, 6.07) is 4.64. The molecule has 0 aromatic heterocycles. The van der Waals surface area contributed by atoms with Crippen molar-refractivity contribution in [1.29, 1.82) is 0 Å². The van der Waals surface area contributed by atoms with Gasteiger partial charge in [0.05, 0.1) is 6.61 Å². The molecule has 1 rings (SSSR count). The second-order valence-electron chi connectivity index (χ2n) is 5.80. The van der Waals surface area contributed by atoms with E-state index < -0.39 is 33.3 Å². The molecule has 0 bridgehead atoms. The van der Waals surface area contributed by atoms with Crippen LogP contribution >= 0.6 is 7.75 Å². The summed E-state index contributed by atoms with van der Waals surface area (Å²) in [5.74, 6) is 0. The van der Waals surface area contributed by atoms with E-state index in [9.17, 15) is 30.9 Å². The number of hydrogen-bond donors (Lipinski definition) is 1. The average Bonchev–Trinajstić information content (AvgIpc) is 2.57. The van der Waals surface area contributed by atoms with Crippen molar-refractivity contribution in [3.05, 3.63) is 23.8 Å². The Morgan fingerprint density at radius 2 is 1.61 bits per heavy atom. The van der Waals surface area contributed by atoms with Crippen molar-refractivity contribution >= 4 is 19.1 Å². The maximum atomic E-state index is 12.5. The maximum Gasteiger partial charge on any atom is 0.433 e. The first-order valence-corrected chi connectivity index (χ1v) is 9.40. The quantitative estimate of drug-likeness (QED) is 0.420. The van der Waals surface area contributed by atoms with E-state index in [1.807, 2.05) is 0 Å². The third kappa shape index (κ3) is 9.13. The summed E-state index contributed by atoms with van der Waals surface area (Å²) in [6.07, 6.45) is -9.81. The van der Waals surface area contributed by atoms with E-state index in [2.05, 4.69) is 14.1 Å². The minimum Gasteiger partial charge on any atom is -0.383 e. The molecule has 1 N–H and O–H groups in total. The molecule has 1 aromatic carbocycles. The zero-order valence-electron chi connectivity index (χ0n) is 15.4. The van der Waals surface area contributed by atoms with Crippen LogP contribution in [0.2, 0.25) is 0 Å². The van der Waals surface area contributed by atoms with Crippen molar-refractivity contribution in [2.45, 2.75) is 19.3 Å². The number of benzene rings is 1. The molecule has 0 atom stereocenters. The van der Waals surface area contributed by atoms with Crippen LogP contribution in [0, 0.1) is 6.92 Å². The molecule has 0 aliphatic rings. The van der Waals surface area contributed by atoms with Gasteiger partial charge in [-0.25, -0.2) is 4.57 Å². The van der Waals surface area contributed by atoms with Gasteiger partial charge in [-0.05, 0) is 24.6 Å². The first kappa shape index (κ1) is 24.5. The van der Waals surface area contributed by atoms with Crippen molar-refractivity contribution in [2.75, 3.05) is 50.5 Å². The molecule has 0 radical (unpaired) electrons. The Morgan fingerprint density at radius 1 is 1.07 bits per heavy atom. The van der Waals surface area contributed by atoms with Gasteiger partial charge in [-0.2, -0.15) is 26.3 Å². The van der Waals surface area contributed by atoms with E-state index in [-0.39, 0.29) is 5.69 Å². The number of hydrogen-bond acceptors (Lipinski definition) is 5. The van der Waals surface area contributed by atoms with Crippen molar-refractivity contribution in [3.63, 3.8) is 0 Å². The zero-order valence-corrected chi connectivity index (χ0v) is 16.3. The Morgan fingerprint density at radius 3 is 2.07 bits per heavy atom. The van der Waals surface area contributed by atoms with Crippen LogP contribution in [0.4, 0.5) is 37.7 Å². The minimum absolute atomic E-state index is 0.00875. The van der Waals surface area contributed by atoms with Crippen LogP contribution < -0.4 is 9.99 Å². The average molecular weight is 438 g/mol. The van der Waals surface area contributed by atoms with Gasteiger partial charge in [-0.1, -0.05) is 6.07 Å². The molecule has 0 heterocycles. The summed E-state index contributed by atoms with van der Waals surface area (Å²) >= 11 is 0. The SMILES string of the molecule is COCCN(C)c1ccc(C)c(NP(=O)(OCC(F)(F)F)OCC(F)(F)F)c1. The largest absolute Gasteiger partial charge is 0.433 e. The normalized spacial score (nSPS) is 12.9. The smallest absolute Gasteiger partial charge is 0.383 e. The Balaban J connectivity index is 3.07. The molecule has 13 heteroatoms. The fourth-order valence-electron chi connectivity index (χ4n) is 1.89. The fraction of sp³-hybridized carbons (Fsp3) is 0.600. The van der Waals surface area contributed by atoms with Gasteiger partial charge in [0, 0.05) is 32.1 Å². The van der Waals surface area contributed by atoms with Crippen LogP contribution in [0.15, 0.2) is 18.2 Å². The second-order valence-corrected chi connectivity index (χ2v) is 7.54. The highest BCUT2D eigenvalue weighted by Crippen LogP contribution is 2.50. The number of nitrogens with zero attached hydrogens (tertiary/aromatic N) is 1. The molecule has 1 aromatic rings. The third-order valence-electron chi connectivity index (χ3n) is 3.35. The topological polar surface area (TPSA) is 60.0 Å². The molecule has 0 saturated carbocycles. The van der Waals surface area contributed by atoms with Crippen LogP contribution in [0.5, 0.6) is 0 Å². The first-order chi connectivity index (χ1) is 12.7. The number of alkyl halides is 6. The number of halogens is 6. The molecule has 28 heavy (non-hydrogen) atoms. The van der Waals surface area contributed by atoms with Gasteiger partial charge >= 0.3 is 20.1 Å². The van der Waals surface area contributed by atoms with Gasteiger partial charge in [0.1, 0.15) is 0 Å². The first-order valence-electron chi connectivity index (χ1n) is 7.86. The molecule has 0 amide bonds. The van der Waals surface area contributed by atoms with E-state index in [1.165, 1.54) is 20.1 Å². The Labute approximate surface area is 158 Å². The highest BCUT2D eigenvalue weighted by molar-refractivity contribution is 7.55. The van der Waals surface area contributed by atoms with Crippen LogP contribution in [-0.2, 0) is 18.3 Å². The van der Waals surface area contributed by atoms with Crippen LogP contribution in [0.3, 0.4) is 0 Å². The standard InChI is InChI=1S/C15H21F6N2O4P/c1-11-4-5-12(23(2)6-7-25-3)8-13(11)22-28(24,26-9-14(16,17)18)27-10-15(19,20)21/h4-5,8H,6-7,9-10H2,1-3H3,(H,22,24). The number of likely N-dealkylation sites (N-methyl/N-ethyl adjacent to an activating group) is 1. The van der Waals surface area contributed by atoms with Crippen molar-refractivity contribution in [2.24, 2.45) is 0 Å². The van der Waals surface area contributed by atoms with E-state index in [0.29, 0.717) is 24.4 Å². The molecule has 6 nitrogen and oxygen atoms in total. The molecular weight excluding hydrogens is 417 g/mol. The lowest BCUT2D eigenvalue weighted by molar-refractivity contribution is -0.165. The maximum absolute atomic E-state index is 12.5. The summed E-state index contributed by atoms with van der Waals surface area (Å²) in [6.45, 7) is -1.71. The summed E-state index contributed by atoms with van der Waals surface area (Å²) in [7, 11) is -1.76. The van der Waals surface area contributed by atoms with Crippen molar-refractivity contribution in [3.8, 4) is 0 Å². The van der Waals surface area contributed by atoms with Gasteiger partial charge in [-0.15, -0.1) is 0 Å². The minimum atomic E-state index is -4.97. The summed E-state index contributed by atoms with van der Waals surface area (Å²) in [5, 5.41) is 2.07. The summed E-state index contributed by atoms with van der Waals surface area (Å²) < 4.78 is 100. The predicted molar refractivity (Wildman–Crippen MR) is 91.6 cm³/mol. The monoisotopic (exact) mass is 438 g/mol. The third-order valence-corrected chi connectivity index (χ3v) is 4.80. The number of aryl methyl sites for hydroxylation is 1.